The summed E-state index contributed by atoms with van der Waals surface area (Å²) in [5, 5.41) is 15.0. The molecule has 2 fully saturated rings. The molecule has 6 heteroatoms. The van der Waals surface area contributed by atoms with Crippen LogP contribution in [0.15, 0.2) is 28.7 Å². The zero-order valence-electron chi connectivity index (χ0n) is 13.5. The van der Waals surface area contributed by atoms with Crippen LogP contribution in [0.2, 0.25) is 0 Å². The van der Waals surface area contributed by atoms with Gasteiger partial charge in [0, 0.05) is 16.6 Å². The van der Waals surface area contributed by atoms with Crippen molar-refractivity contribution in [3.05, 3.63) is 34.3 Å². The summed E-state index contributed by atoms with van der Waals surface area (Å²) in [6.07, 6.45) is 4.74. The molecule has 2 amide bonds. The third kappa shape index (κ3) is 4.29. The van der Waals surface area contributed by atoms with Crippen molar-refractivity contribution in [1.29, 1.82) is 0 Å². The standard InChI is InChI=1S/C18H23BrN2O3/c19-14-5-1-11(2-6-14)13-9-16(10-13)21-18(24)20-15-7-3-12(4-8-15)17(22)23/h1-2,5-6,12-13,15-16H,3-4,7-10H2,(H,22,23)(H2,20,21,24). The number of hydrogen-bond donors (Lipinski definition) is 3. The van der Waals surface area contributed by atoms with Gasteiger partial charge in [-0.25, -0.2) is 4.79 Å². The molecule has 1 aromatic carbocycles. The zero-order chi connectivity index (χ0) is 17.1. The van der Waals surface area contributed by atoms with Gasteiger partial charge < -0.3 is 15.7 Å². The Labute approximate surface area is 150 Å². The maximum atomic E-state index is 12.1. The van der Waals surface area contributed by atoms with E-state index in [1.54, 1.807) is 0 Å². The van der Waals surface area contributed by atoms with E-state index in [4.69, 9.17) is 5.11 Å². The summed E-state index contributed by atoms with van der Waals surface area (Å²) in [6, 6.07) is 8.58. The van der Waals surface area contributed by atoms with Gasteiger partial charge in [-0.15, -0.1) is 0 Å². The van der Waals surface area contributed by atoms with E-state index in [0.29, 0.717) is 18.8 Å². The molecule has 0 heterocycles. The van der Waals surface area contributed by atoms with Crippen LogP contribution in [-0.2, 0) is 4.79 Å². The lowest BCUT2D eigenvalue weighted by Gasteiger charge is -2.37. The van der Waals surface area contributed by atoms with Crippen LogP contribution in [0.4, 0.5) is 4.79 Å². The summed E-state index contributed by atoms with van der Waals surface area (Å²) >= 11 is 3.44. The second kappa shape index (κ2) is 7.55. The van der Waals surface area contributed by atoms with Crippen molar-refractivity contribution in [3.8, 4) is 0 Å². The highest BCUT2D eigenvalue weighted by Gasteiger charge is 2.32. The second-order valence-electron chi connectivity index (χ2n) is 6.92. The molecule has 0 radical (unpaired) electrons. The average Bonchev–Trinajstić information content (AvgIpc) is 2.52. The van der Waals surface area contributed by atoms with Crippen LogP contribution in [0, 0.1) is 5.92 Å². The quantitative estimate of drug-likeness (QED) is 0.729. The Morgan fingerprint density at radius 1 is 0.958 bits per heavy atom. The molecule has 0 spiro atoms. The molecule has 0 atom stereocenters. The Balaban J connectivity index is 1.37. The van der Waals surface area contributed by atoms with Crippen molar-refractivity contribution >= 4 is 27.9 Å². The van der Waals surface area contributed by atoms with E-state index in [1.807, 2.05) is 0 Å². The van der Waals surface area contributed by atoms with Crippen molar-refractivity contribution in [3.63, 3.8) is 0 Å². The number of amides is 2. The molecule has 24 heavy (non-hydrogen) atoms. The van der Waals surface area contributed by atoms with Gasteiger partial charge in [0.15, 0.2) is 0 Å². The molecule has 130 valence electrons. The number of carbonyl (C=O) groups is 2. The van der Waals surface area contributed by atoms with E-state index in [9.17, 15) is 9.59 Å². The lowest BCUT2D eigenvalue weighted by Crippen LogP contribution is -2.50. The molecular formula is C18H23BrN2O3. The Morgan fingerprint density at radius 2 is 1.54 bits per heavy atom. The maximum absolute atomic E-state index is 12.1. The number of carbonyl (C=O) groups excluding carboxylic acids is 1. The first-order chi connectivity index (χ1) is 11.5. The molecule has 2 aliphatic rings. The summed E-state index contributed by atoms with van der Waals surface area (Å²) in [4.78, 5) is 23.0. The molecule has 1 aromatic rings. The highest BCUT2D eigenvalue weighted by molar-refractivity contribution is 9.10. The predicted molar refractivity (Wildman–Crippen MR) is 95.0 cm³/mol. The number of urea groups is 1. The first-order valence-corrected chi connectivity index (χ1v) is 9.36. The summed E-state index contributed by atoms with van der Waals surface area (Å²) in [5.74, 6) is -0.440. The number of benzene rings is 1. The lowest BCUT2D eigenvalue weighted by molar-refractivity contribution is -0.142. The van der Waals surface area contributed by atoms with Crippen molar-refractivity contribution in [2.45, 2.75) is 56.5 Å². The molecule has 2 aliphatic carbocycles. The third-order valence-corrected chi connectivity index (χ3v) is 5.76. The SMILES string of the molecule is O=C(NC1CCC(C(=O)O)CC1)NC1CC(c2ccc(Br)cc2)C1. The van der Waals surface area contributed by atoms with Gasteiger partial charge in [0.25, 0.3) is 0 Å². The largest absolute Gasteiger partial charge is 0.481 e. The molecular weight excluding hydrogens is 372 g/mol. The fourth-order valence-electron chi connectivity index (χ4n) is 3.64. The molecule has 0 aromatic heterocycles. The van der Waals surface area contributed by atoms with Gasteiger partial charge in [0.1, 0.15) is 0 Å². The van der Waals surface area contributed by atoms with E-state index in [0.717, 1.165) is 30.2 Å². The average molecular weight is 395 g/mol. The Kier molecular flexibility index (Phi) is 5.43. The van der Waals surface area contributed by atoms with E-state index in [2.05, 4.69) is 50.8 Å². The van der Waals surface area contributed by atoms with Gasteiger partial charge >= 0.3 is 12.0 Å². The number of carboxylic acid groups (broad SMARTS) is 1. The zero-order valence-corrected chi connectivity index (χ0v) is 15.1. The normalized spacial score (nSPS) is 29.4. The Hall–Kier alpha value is -1.56. The van der Waals surface area contributed by atoms with Crippen LogP contribution < -0.4 is 10.6 Å². The van der Waals surface area contributed by atoms with E-state index < -0.39 is 5.97 Å². The molecule has 2 saturated carbocycles. The number of halogens is 1. The van der Waals surface area contributed by atoms with Gasteiger partial charge in [-0.05, 0) is 62.1 Å². The van der Waals surface area contributed by atoms with Crippen LogP contribution >= 0.6 is 15.9 Å². The monoisotopic (exact) mass is 394 g/mol. The minimum Gasteiger partial charge on any atom is -0.481 e. The number of aliphatic carboxylic acids is 1. The van der Waals surface area contributed by atoms with Crippen LogP contribution in [0.25, 0.3) is 0 Å². The van der Waals surface area contributed by atoms with Crippen LogP contribution in [-0.4, -0.2) is 29.2 Å². The van der Waals surface area contributed by atoms with Gasteiger partial charge in [-0.3, -0.25) is 4.79 Å². The summed E-state index contributed by atoms with van der Waals surface area (Å²) in [5.41, 5.74) is 1.32. The first-order valence-electron chi connectivity index (χ1n) is 8.56. The maximum Gasteiger partial charge on any atom is 0.315 e. The fraction of sp³-hybridized carbons (Fsp3) is 0.556. The van der Waals surface area contributed by atoms with E-state index >= 15 is 0 Å². The Morgan fingerprint density at radius 3 is 2.12 bits per heavy atom. The molecule has 3 rings (SSSR count). The van der Waals surface area contributed by atoms with E-state index in [-0.39, 0.29) is 24.0 Å². The van der Waals surface area contributed by atoms with Gasteiger partial charge in [-0.2, -0.15) is 0 Å². The Bertz CT molecular complexity index is 591. The van der Waals surface area contributed by atoms with Crippen LogP contribution in [0.1, 0.15) is 50.0 Å². The second-order valence-corrected chi connectivity index (χ2v) is 7.84. The third-order valence-electron chi connectivity index (χ3n) is 5.23. The van der Waals surface area contributed by atoms with Crippen molar-refractivity contribution in [1.82, 2.24) is 10.6 Å². The van der Waals surface area contributed by atoms with Gasteiger partial charge in [-0.1, -0.05) is 28.1 Å². The molecule has 3 N–H and O–H groups in total. The molecule has 0 saturated heterocycles. The van der Waals surface area contributed by atoms with Crippen molar-refractivity contribution in [2.24, 2.45) is 5.92 Å². The fourth-order valence-corrected chi connectivity index (χ4v) is 3.90. The van der Waals surface area contributed by atoms with Crippen molar-refractivity contribution in [2.75, 3.05) is 0 Å². The number of carboxylic acids is 1. The first kappa shape index (κ1) is 17.3. The summed E-state index contributed by atoms with van der Waals surface area (Å²) in [7, 11) is 0. The molecule has 0 aliphatic heterocycles. The summed E-state index contributed by atoms with van der Waals surface area (Å²) in [6.45, 7) is 0. The minimum atomic E-state index is -0.716. The molecule has 5 nitrogen and oxygen atoms in total. The smallest absolute Gasteiger partial charge is 0.315 e. The van der Waals surface area contributed by atoms with E-state index in [1.165, 1.54) is 5.56 Å². The predicted octanol–water partition coefficient (Wildman–Crippen LogP) is 3.64. The number of nitrogens with one attached hydrogen (secondary N) is 2. The summed E-state index contributed by atoms with van der Waals surface area (Å²) < 4.78 is 1.08. The number of hydrogen-bond acceptors (Lipinski definition) is 2. The topological polar surface area (TPSA) is 78.4 Å². The van der Waals surface area contributed by atoms with Crippen LogP contribution in [0.3, 0.4) is 0 Å². The van der Waals surface area contributed by atoms with Gasteiger partial charge in [0.2, 0.25) is 0 Å². The molecule has 0 bridgehead atoms. The van der Waals surface area contributed by atoms with Crippen molar-refractivity contribution < 1.29 is 14.7 Å². The minimum absolute atomic E-state index is 0.1000. The van der Waals surface area contributed by atoms with Gasteiger partial charge in [0.05, 0.1) is 5.92 Å². The lowest BCUT2D eigenvalue weighted by atomic mass is 9.76. The highest BCUT2D eigenvalue weighted by atomic mass is 79.9. The molecule has 0 unspecified atom stereocenters. The number of rotatable bonds is 4. The highest BCUT2D eigenvalue weighted by Crippen LogP contribution is 2.37. The van der Waals surface area contributed by atoms with Crippen LogP contribution in [0.5, 0.6) is 0 Å².